The molecule has 1 aliphatic rings. The third kappa shape index (κ3) is 3.75. The number of ether oxygens (including phenoxy) is 1. The standard InChI is InChI=1S/C14H25N3OS/c1-9-5-6-11(18-9)10(17-15)7-13-16-12(8-19-13)14(2,3)4/h8-11,17H,5-7,15H2,1-4H3. The minimum absolute atomic E-state index is 0.110. The molecule has 1 aromatic heterocycles. The molecule has 4 nitrogen and oxygen atoms in total. The van der Waals surface area contributed by atoms with E-state index in [2.05, 4.69) is 38.5 Å². The Balaban J connectivity index is 2.00. The summed E-state index contributed by atoms with van der Waals surface area (Å²) in [6.45, 7) is 8.68. The molecule has 0 spiro atoms. The molecule has 108 valence electrons. The van der Waals surface area contributed by atoms with Gasteiger partial charge in [-0.1, -0.05) is 20.8 Å². The van der Waals surface area contributed by atoms with Gasteiger partial charge in [-0.15, -0.1) is 11.3 Å². The van der Waals surface area contributed by atoms with Gasteiger partial charge in [-0.25, -0.2) is 4.98 Å². The van der Waals surface area contributed by atoms with Crippen molar-refractivity contribution in [2.75, 3.05) is 0 Å². The highest BCUT2D eigenvalue weighted by Gasteiger charge is 2.30. The average Bonchev–Trinajstić information content (AvgIpc) is 2.94. The predicted molar refractivity (Wildman–Crippen MR) is 79.2 cm³/mol. The van der Waals surface area contributed by atoms with Crippen LogP contribution in [0, 0.1) is 0 Å². The van der Waals surface area contributed by atoms with E-state index in [4.69, 9.17) is 15.6 Å². The second kappa shape index (κ2) is 5.87. The van der Waals surface area contributed by atoms with E-state index in [-0.39, 0.29) is 17.6 Å². The van der Waals surface area contributed by atoms with E-state index in [1.54, 1.807) is 11.3 Å². The van der Waals surface area contributed by atoms with Crippen molar-refractivity contribution in [2.45, 2.75) is 70.6 Å². The molecule has 0 aromatic carbocycles. The van der Waals surface area contributed by atoms with Crippen LogP contribution >= 0.6 is 11.3 Å². The number of hydrazine groups is 1. The molecule has 0 aliphatic carbocycles. The van der Waals surface area contributed by atoms with Crippen molar-refractivity contribution in [2.24, 2.45) is 5.84 Å². The van der Waals surface area contributed by atoms with Gasteiger partial charge in [-0.05, 0) is 19.8 Å². The van der Waals surface area contributed by atoms with Crippen LogP contribution in [0.2, 0.25) is 0 Å². The van der Waals surface area contributed by atoms with Gasteiger partial charge < -0.3 is 4.74 Å². The predicted octanol–water partition coefficient (Wildman–Crippen LogP) is 2.38. The van der Waals surface area contributed by atoms with E-state index >= 15 is 0 Å². The minimum atomic E-state index is 0.110. The summed E-state index contributed by atoms with van der Waals surface area (Å²) in [5.74, 6) is 5.69. The zero-order valence-corrected chi connectivity index (χ0v) is 13.1. The first-order valence-electron chi connectivity index (χ1n) is 6.96. The molecule has 3 N–H and O–H groups in total. The Morgan fingerprint density at radius 2 is 2.26 bits per heavy atom. The van der Waals surface area contributed by atoms with Crippen LogP contribution in [-0.4, -0.2) is 23.2 Å². The molecule has 0 saturated carbocycles. The van der Waals surface area contributed by atoms with Gasteiger partial charge >= 0.3 is 0 Å². The Morgan fingerprint density at radius 1 is 1.53 bits per heavy atom. The number of aromatic nitrogens is 1. The highest BCUT2D eigenvalue weighted by molar-refractivity contribution is 7.09. The Labute approximate surface area is 119 Å². The largest absolute Gasteiger partial charge is 0.374 e. The molecular formula is C14H25N3OS. The molecule has 1 fully saturated rings. The number of hydrogen-bond acceptors (Lipinski definition) is 5. The van der Waals surface area contributed by atoms with Crippen molar-refractivity contribution in [1.82, 2.24) is 10.4 Å². The molecule has 5 heteroatoms. The van der Waals surface area contributed by atoms with Crippen molar-refractivity contribution in [3.8, 4) is 0 Å². The molecule has 2 heterocycles. The summed E-state index contributed by atoms with van der Waals surface area (Å²) < 4.78 is 5.89. The van der Waals surface area contributed by atoms with Gasteiger partial charge in [0.05, 0.1) is 29.0 Å². The van der Waals surface area contributed by atoms with Crippen LogP contribution in [0.1, 0.15) is 51.2 Å². The third-order valence-electron chi connectivity index (χ3n) is 3.64. The molecule has 3 atom stereocenters. The second-order valence-electron chi connectivity index (χ2n) is 6.42. The highest BCUT2D eigenvalue weighted by atomic mass is 32.1. The van der Waals surface area contributed by atoms with Gasteiger partial charge in [-0.3, -0.25) is 11.3 Å². The van der Waals surface area contributed by atoms with E-state index in [9.17, 15) is 0 Å². The van der Waals surface area contributed by atoms with Crippen LogP contribution in [0.15, 0.2) is 5.38 Å². The SMILES string of the molecule is CC1CCC(C(Cc2nc(C(C)(C)C)cs2)NN)O1. The van der Waals surface area contributed by atoms with Gasteiger partial charge in [0.15, 0.2) is 0 Å². The summed E-state index contributed by atoms with van der Waals surface area (Å²) in [4.78, 5) is 4.73. The molecule has 19 heavy (non-hydrogen) atoms. The fourth-order valence-electron chi connectivity index (χ4n) is 2.36. The Kier molecular flexibility index (Phi) is 4.61. The number of nitrogens with one attached hydrogen (secondary N) is 1. The van der Waals surface area contributed by atoms with Crippen LogP contribution in [-0.2, 0) is 16.6 Å². The van der Waals surface area contributed by atoms with E-state index in [1.165, 1.54) is 0 Å². The quantitative estimate of drug-likeness (QED) is 0.658. The van der Waals surface area contributed by atoms with Crippen molar-refractivity contribution in [3.63, 3.8) is 0 Å². The van der Waals surface area contributed by atoms with Crippen LogP contribution in [0.25, 0.3) is 0 Å². The molecule has 0 bridgehead atoms. The van der Waals surface area contributed by atoms with Crippen molar-refractivity contribution in [1.29, 1.82) is 0 Å². The summed E-state index contributed by atoms with van der Waals surface area (Å²) in [5.41, 5.74) is 4.17. The lowest BCUT2D eigenvalue weighted by molar-refractivity contribution is 0.0320. The van der Waals surface area contributed by atoms with Gasteiger partial charge in [0.1, 0.15) is 0 Å². The number of hydrogen-bond donors (Lipinski definition) is 2. The van der Waals surface area contributed by atoms with E-state index < -0.39 is 0 Å². The Hall–Kier alpha value is -0.490. The Bertz CT molecular complexity index is 413. The first-order valence-corrected chi connectivity index (χ1v) is 7.84. The smallest absolute Gasteiger partial charge is 0.0945 e. The second-order valence-corrected chi connectivity index (χ2v) is 7.36. The number of rotatable bonds is 4. The molecule has 2 rings (SSSR count). The van der Waals surface area contributed by atoms with Crippen LogP contribution in [0.3, 0.4) is 0 Å². The topological polar surface area (TPSA) is 60.2 Å². The van der Waals surface area contributed by atoms with Crippen molar-refractivity contribution in [3.05, 3.63) is 16.1 Å². The molecule has 1 aromatic rings. The maximum Gasteiger partial charge on any atom is 0.0945 e. The first-order chi connectivity index (χ1) is 8.90. The minimum Gasteiger partial charge on any atom is -0.374 e. The summed E-state index contributed by atoms with van der Waals surface area (Å²) in [6.07, 6.45) is 3.60. The highest BCUT2D eigenvalue weighted by Crippen LogP contribution is 2.27. The average molecular weight is 283 g/mol. The first kappa shape index (κ1) is 14.9. The van der Waals surface area contributed by atoms with Crippen LogP contribution in [0.4, 0.5) is 0 Å². The molecular weight excluding hydrogens is 258 g/mol. The summed E-state index contributed by atoms with van der Waals surface area (Å²) in [5, 5.41) is 3.29. The zero-order valence-electron chi connectivity index (χ0n) is 12.3. The Morgan fingerprint density at radius 3 is 2.74 bits per heavy atom. The van der Waals surface area contributed by atoms with Gasteiger partial charge in [-0.2, -0.15) is 0 Å². The molecule has 1 saturated heterocycles. The third-order valence-corrected chi connectivity index (χ3v) is 4.51. The summed E-state index contributed by atoms with van der Waals surface area (Å²) in [7, 11) is 0. The molecule has 0 amide bonds. The fourth-order valence-corrected chi connectivity index (χ4v) is 3.45. The summed E-state index contributed by atoms with van der Waals surface area (Å²) >= 11 is 1.72. The van der Waals surface area contributed by atoms with Crippen LogP contribution < -0.4 is 11.3 Å². The molecule has 0 radical (unpaired) electrons. The maximum absolute atomic E-state index is 5.89. The maximum atomic E-state index is 5.89. The molecule has 1 aliphatic heterocycles. The van der Waals surface area contributed by atoms with Crippen molar-refractivity contribution >= 4 is 11.3 Å². The van der Waals surface area contributed by atoms with E-state index in [0.717, 1.165) is 30.0 Å². The van der Waals surface area contributed by atoms with Gasteiger partial charge in [0, 0.05) is 17.2 Å². The van der Waals surface area contributed by atoms with Crippen LogP contribution in [0.5, 0.6) is 0 Å². The lowest BCUT2D eigenvalue weighted by atomic mass is 9.93. The zero-order chi connectivity index (χ0) is 14.0. The molecule has 3 unspecified atom stereocenters. The normalized spacial score (nSPS) is 25.7. The van der Waals surface area contributed by atoms with E-state index in [1.807, 2.05) is 0 Å². The summed E-state index contributed by atoms with van der Waals surface area (Å²) in [6, 6.07) is 0.156. The van der Waals surface area contributed by atoms with Gasteiger partial charge in [0.2, 0.25) is 0 Å². The fraction of sp³-hybridized carbons (Fsp3) is 0.786. The number of nitrogens with zero attached hydrogens (tertiary/aromatic N) is 1. The van der Waals surface area contributed by atoms with E-state index in [0.29, 0.717) is 6.10 Å². The van der Waals surface area contributed by atoms with Gasteiger partial charge in [0.25, 0.3) is 0 Å². The number of thiazole rings is 1. The van der Waals surface area contributed by atoms with Crippen molar-refractivity contribution < 1.29 is 4.74 Å². The monoisotopic (exact) mass is 283 g/mol. The lowest BCUT2D eigenvalue weighted by Crippen LogP contribution is -2.45. The number of nitrogens with two attached hydrogens (primary N) is 1. The lowest BCUT2D eigenvalue weighted by Gasteiger charge is -2.22.